The predicted octanol–water partition coefficient (Wildman–Crippen LogP) is 3.49. The highest BCUT2D eigenvalue weighted by molar-refractivity contribution is 5.95. The first kappa shape index (κ1) is 23.1. The minimum absolute atomic E-state index is 0.351. The van der Waals surface area contributed by atoms with Crippen molar-refractivity contribution in [3.63, 3.8) is 0 Å². The molecule has 7 nitrogen and oxygen atoms in total. The van der Waals surface area contributed by atoms with E-state index in [9.17, 15) is 0 Å². The molecule has 3 N–H and O–H groups in total. The first-order chi connectivity index (χ1) is 16.0. The number of aliphatic imine (C=N–C) groups is 1. The van der Waals surface area contributed by atoms with Gasteiger partial charge in [-0.25, -0.2) is 4.98 Å². The summed E-state index contributed by atoms with van der Waals surface area (Å²) >= 11 is 0. The number of rotatable bonds is 7. The highest BCUT2D eigenvalue weighted by Crippen LogP contribution is 2.22. The molecule has 1 fully saturated rings. The van der Waals surface area contributed by atoms with Gasteiger partial charge in [-0.2, -0.15) is 0 Å². The van der Waals surface area contributed by atoms with E-state index in [4.69, 9.17) is 4.99 Å². The topological polar surface area (TPSA) is 69.5 Å². The predicted molar refractivity (Wildman–Crippen MR) is 136 cm³/mol. The van der Waals surface area contributed by atoms with Crippen LogP contribution in [-0.4, -0.2) is 47.0 Å². The molecule has 0 saturated carbocycles. The number of aromatic nitrogens is 2. The van der Waals surface area contributed by atoms with Gasteiger partial charge in [0.2, 0.25) is 0 Å². The summed E-state index contributed by atoms with van der Waals surface area (Å²) in [7, 11) is 4.08. The summed E-state index contributed by atoms with van der Waals surface area (Å²) in [5.41, 5.74) is 4.46. The number of allylic oxidation sites excluding steroid dienone is 2. The monoisotopic (exact) mass is 447 g/mol. The Morgan fingerprint density at radius 3 is 2.82 bits per heavy atom. The number of hydrogen-bond donors (Lipinski definition) is 3. The minimum atomic E-state index is 0.351. The van der Waals surface area contributed by atoms with Gasteiger partial charge in [-0.1, -0.05) is 32.6 Å². The number of fused-ring (bicyclic) bond motifs is 1. The van der Waals surface area contributed by atoms with Gasteiger partial charge in [-0.3, -0.25) is 4.99 Å². The molecule has 4 rings (SSSR count). The Labute approximate surface area is 197 Å². The molecule has 176 valence electrons. The highest BCUT2D eigenvalue weighted by atomic mass is 15.3. The molecule has 2 aromatic rings. The fourth-order valence-electron chi connectivity index (χ4n) is 4.50. The zero-order valence-corrected chi connectivity index (χ0v) is 20.4. The van der Waals surface area contributed by atoms with Gasteiger partial charge >= 0.3 is 0 Å². The van der Waals surface area contributed by atoms with E-state index in [1.54, 1.807) is 0 Å². The zero-order valence-electron chi connectivity index (χ0n) is 20.4. The SMILES string of the molecule is C=C/C(=C1/NC(NCC2CCNCC2)=CC(=NCc2ccc3c(c2)ncn3C)N1C)C(C)C. The molecule has 7 heteroatoms. The number of amidine groups is 1. The third-order valence-electron chi connectivity index (χ3n) is 6.57. The number of piperidine rings is 1. The molecular formula is C26H37N7. The molecule has 0 unspecified atom stereocenters. The largest absolute Gasteiger partial charge is 0.371 e. The molecule has 0 radical (unpaired) electrons. The van der Waals surface area contributed by atoms with E-state index in [0.29, 0.717) is 18.4 Å². The molecule has 1 aromatic heterocycles. The molecule has 2 aliphatic rings. The van der Waals surface area contributed by atoms with Crippen molar-refractivity contribution in [3.8, 4) is 0 Å². The van der Waals surface area contributed by atoms with Crippen LogP contribution in [-0.2, 0) is 13.6 Å². The Kier molecular flexibility index (Phi) is 7.18. The minimum Gasteiger partial charge on any atom is -0.371 e. The third-order valence-corrected chi connectivity index (χ3v) is 6.57. The summed E-state index contributed by atoms with van der Waals surface area (Å²) in [6, 6.07) is 6.38. The second-order valence-electron chi connectivity index (χ2n) is 9.33. The van der Waals surface area contributed by atoms with Crippen LogP contribution >= 0.6 is 0 Å². The van der Waals surface area contributed by atoms with E-state index in [-0.39, 0.29) is 0 Å². The van der Waals surface area contributed by atoms with Crippen molar-refractivity contribution in [2.75, 3.05) is 26.7 Å². The van der Waals surface area contributed by atoms with E-state index in [0.717, 1.165) is 53.7 Å². The molecule has 1 aromatic carbocycles. The van der Waals surface area contributed by atoms with Gasteiger partial charge < -0.3 is 25.4 Å². The van der Waals surface area contributed by atoms with Crippen LogP contribution in [0.5, 0.6) is 0 Å². The Morgan fingerprint density at radius 1 is 1.30 bits per heavy atom. The van der Waals surface area contributed by atoms with Crippen molar-refractivity contribution in [2.24, 2.45) is 23.9 Å². The van der Waals surface area contributed by atoms with Gasteiger partial charge in [0.1, 0.15) is 17.5 Å². The molecule has 0 spiro atoms. The first-order valence-corrected chi connectivity index (χ1v) is 11.9. The summed E-state index contributed by atoms with van der Waals surface area (Å²) in [6.45, 7) is 12.2. The Morgan fingerprint density at radius 2 is 2.09 bits per heavy atom. The third kappa shape index (κ3) is 5.30. The lowest BCUT2D eigenvalue weighted by atomic mass is 9.98. The highest BCUT2D eigenvalue weighted by Gasteiger charge is 2.23. The quantitative estimate of drug-likeness (QED) is 0.606. The van der Waals surface area contributed by atoms with E-state index in [2.05, 4.69) is 77.6 Å². The summed E-state index contributed by atoms with van der Waals surface area (Å²) < 4.78 is 2.04. The number of likely N-dealkylation sites (N-methyl/N-ethyl adjacent to an activating group) is 1. The van der Waals surface area contributed by atoms with Gasteiger partial charge in [0.15, 0.2) is 0 Å². The lowest BCUT2D eigenvalue weighted by Gasteiger charge is -2.34. The standard InChI is InChI=1S/C26H37N7/c1-6-21(18(2)3)26-31-24(28-15-19-9-11-27-12-10-19)14-25(33(26)5)29-16-20-7-8-23-22(13-20)30-17-32(23)4/h6-8,13-14,17-19,27-28,31H,1,9-12,15-16H2,2-5H3/b26-21+,29-25?. The molecule has 1 saturated heterocycles. The average Bonchev–Trinajstić information content (AvgIpc) is 3.19. The molecule has 33 heavy (non-hydrogen) atoms. The fourth-order valence-corrected chi connectivity index (χ4v) is 4.50. The molecular weight excluding hydrogens is 410 g/mol. The van der Waals surface area contributed by atoms with Crippen LogP contribution in [0.1, 0.15) is 32.3 Å². The molecule has 0 bridgehead atoms. The van der Waals surface area contributed by atoms with Crippen LogP contribution in [0, 0.1) is 11.8 Å². The summed E-state index contributed by atoms with van der Waals surface area (Å²) in [5.74, 6) is 4.01. The number of hydrogen-bond acceptors (Lipinski definition) is 5. The summed E-state index contributed by atoms with van der Waals surface area (Å²) in [6.07, 6.45) is 8.34. The average molecular weight is 448 g/mol. The molecule has 0 amide bonds. The van der Waals surface area contributed by atoms with Gasteiger partial charge in [-0.05, 0) is 61.0 Å². The van der Waals surface area contributed by atoms with Gasteiger partial charge in [-0.15, -0.1) is 0 Å². The molecule has 0 aliphatic carbocycles. The fraction of sp³-hybridized carbons (Fsp3) is 0.462. The number of benzene rings is 1. The van der Waals surface area contributed by atoms with Crippen molar-refractivity contribution in [1.29, 1.82) is 0 Å². The first-order valence-electron chi connectivity index (χ1n) is 11.9. The Hall–Kier alpha value is -3.06. The van der Waals surface area contributed by atoms with E-state index in [1.165, 1.54) is 18.4 Å². The Balaban J connectivity index is 1.59. The summed E-state index contributed by atoms with van der Waals surface area (Å²) in [5, 5.41) is 10.7. The van der Waals surface area contributed by atoms with Gasteiger partial charge in [0.05, 0.1) is 23.9 Å². The number of aryl methyl sites for hydroxylation is 1. The zero-order chi connectivity index (χ0) is 23.4. The van der Waals surface area contributed by atoms with Crippen molar-refractivity contribution >= 4 is 16.9 Å². The lowest BCUT2D eigenvalue weighted by molar-refractivity contribution is 0.362. The van der Waals surface area contributed by atoms with Crippen LogP contribution in [0.25, 0.3) is 11.0 Å². The number of nitrogens with zero attached hydrogens (tertiary/aromatic N) is 4. The van der Waals surface area contributed by atoms with Crippen LogP contribution in [0.4, 0.5) is 0 Å². The molecule has 3 heterocycles. The number of imidazole rings is 1. The van der Waals surface area contributed by atoms with Crippen molar-refractivity contribution < 1.29 is 0 Å². The van der Waals surface area contributed by atoms with Gasteiger partial charge in [0, 0.05) is 26.7 Å². The second-order valence-corrected chi connectivity index (χ2v) is 9.33. The number of nitrogens with one attached hydrogen (secondary N) is 3. The van der Waals surface area contributed by atoms with E-state index >= 15 is 0 Å². The Bertz CT molecular complexity index is 1080. The maximum atomic E-state index is 4.99. The van der Waals surface area contributed by atoms with Crippen molar-refractivity contribution in [1.82, 2.24) is 30.4 Å². The van der Waals surface area contributed by atoms with Crippen LogP contribution < -0.4 is 16.0 Å². The smallest absolute Gasteiger partial charge is 0.132 e. The van der Waals surface area contributed by atoms with Crippen LogP contribution in [0.15, 0.2) is 65.5 Å². The maximum absolute atomic E-state index is 4.99. The lowest BCUT2D eigenvalue weighted by Crippen LogP contribution is -2.44. The van der Waals surface area contributed by atoms with E-state index < -0.39 is 0 Å². The van der Waals surface area contributed by atoms with Crippen molar-refractivity contribution in [3.05, 3.63) is 66.0 Å². The second kappa shape index (κ2) is 10.3. The summed E-state index contributed by atoms with van der Waals surface area (Å²) in [4.78, 5) is 11.6. The molecule has 0 atom stereocenters. The van der Waals surface area contributed by atoms with Crippen LogP contribution in [0.3, 0.4) is 0 Å². The van der Waals surface area contributed by atoms with Gasteiger partial charge in [0.25, 0.3) is 0 Å². The molecule has 2 aliphatic heterocycles. The van der Waals surface area contributed by atoms with Crippen molar-refractivity contribution in [2.45, 2.75) is 33.2 Å². The normalized spacial score (nSPS) is 20.2. The maximum Gasteiger partial charge on any atom is 0.132 e. The van der Waals surface area contributed by atoms with E-state index in [1.807, 2.05) is 24.0 Å². The van der Waals surface area contributed by atoms with Crippen LogP contribution in [0.2, 0.25) is 0 Å².